The first-order chi connectivity index (χ1) is 7.54. The molecule has 0 amide bonds. The molecule has 1 aromatic rings. The highest BCUT2D eigenvalue weighted by Crippen LogP contribution is 2.26. The number of nitrogens with two attached hydrogens (primary N) is 1. The molecule has 16 heavy (non-hydrogen) atoms. The van der Waals surface area contributed by atoms with Gasteiger partial charge >= 0.3 is 0 Å². The molecule has 0 aliphatic carbocycles. The number of anilines is 1. The van der Waals surface area contributed by atoms with Crippen molar-refractivity contribution in [3.8, 4) is 11.8 Å². The second-order valence-corrected chi connectivity index (χ2v) is 3.20. The molecule has 7 heteroatoms. The van der Waals surface area contributed by atoms with Gasteiger partial charge in [-0.25, -0.2) is 0 Å². The number of nitrogens with one attached hydrogen (secondary N) is 2. The SMILES string of the molecule is N#C/C(=N\Nc1cc(Cl)ccc1O)C(=N)N. The molecule has 0 radical (unpaired) electrons. The summed E-state index contributed by atoms with van der Waals surface area (Å²) in [5.74, 6) is -0.537. The first-order valence-electron chi connectivity index (χ1n) is 4.11. The average molecular weight is 238 g/mol. The molecule has 0 saturated heterocycles. The first-order valence-corrected chi connectivity index (χ1v) is 4.49. The van der Waals surface area contributed by atoms with Crippen LogP contribution >= 0.6 is 11.6 Å². The van der Waals surface area contributed by atoms with Crippen molar-refractivity contribution in [3.05, 3.63) is 23.2 Å². The van der Waals surface area contributed by atoms with Gasteiger partial charge in [0, 0.05) is 5.02 Å². The Morgan fingerprint density at radius 1 is 1.62 bits per heavy atom. The maximum Gasteiger partial charge on any atom is 0.201 e. The number of rotatable bonds is 3. The fourth-order valence-corrected chi connectivity index (χ4v) is 1.03. The van der Waals surface area contributed by atoms with E-state index < -0.39 is 5.84 Å². The monoisotopic (exact) mass is 237 g/mol. The average Bonchev–Trinajstić information content (AvgIpc) is 2.23. The molecular weight excluding hydrogens is 230 g/mol. The molecule has 0 aliphatic heterocycles. The van der Waals surface area contributed by atoms with E-state index >= 15 is 0 Å². The number of nitrogens with zero attached hydrogens (tertiary/aromatic N) is 2. The van der Waals surface area contributed by atoms with Gasteiger partial charge in [0.1, 0.15) is 11.8 Å². The van der Waals surface area contributed by atoms with Gasteiger partial charge in [-0.15, -0.1) is 0 Å². The lowest BCUT2D eigenvalue weighted by atomic mass is 10.3. The summed E-state index contributed by atoms with van der Waals surface area (Å²) in [6, 6.07) is 5.93. The highest BCUT2D eigenvalue weighted by molar-refractivity contribution is 6.45. The van der Waals surface area contributed by atoms with E-state index in [9.17, 15) is 5.11 Å². The van der Waals surface area contributed by atoms with Crippen molar-refractivity contribution in [2.75, 3.05) is 5.43 Å². The number of hydrogen-bond acceptors (Lipinski definition) is 5. The number of phenolic OH excluding ortho intramolecular Hbond substituents is 1. The molecule has 0 atom stereocenters. The van der Waals surface area contributed by atoms with Crippen molar-refractivity contribution >= 4 is 28.8 Å². The van der Waals surface area contributed by atoms with Gasteiger partial charge in [-0.1, -0.05) is 11.6 Å². The maximum absolute atomic E-state index is 9.40. The second kappa shape index (κ2) is 5.00. The minimum absolute atomic E-state index is 0.0750. The lowest BCUT2D eigenvalue weighted by molar-refractivity contribution is 0.477. The quantitative estimate of drug-likeness (QED) is 0.274. The van der Waals surface area contributed by atoms with E-state index in [2.05, 4.69) is 10.5 Å². The Labute approximate surface area is 96.5 Å². The summed E-state index contributed by atoms with van der Waals surface area (Å²) in [6.45, 7) is 0. The van der Waals surface area contributed by atoms with E-state index in [4.69, 9.17) is 28.0 Å². The minimum Gasteiger partial charge on any atom is -0.506 e. The van der Waals surface area contributed by atoms with Crippen LogP contribution in [0, 0.1) is 16.7 Å². The normalized spacial score (nSPS) is 10.6. The first kappa shape index (κ1) is 11.8. The van der Waals surface area contributed by atoms with Crippen LogP contribution in [0.15, 0.2) is 23.3 Å². The molecule has 1 rings (SSSR count). The lowest BCUT2D eigenvalue weighted by Gasteiger charge is -2.04. The third-order valence-electron chi connectivity index (χ3n) is 1.61. The van der Waals surface area contributed by atoms with Crippen LogP contribution in [-0.4, -0.2) is 16.7 Å². The molecule has 0 saturated carbocycles. The molecule has 1 aromatic carbocycles. The van der Waals surface area contributed by atoms with E-state index in [1.807, 2.05) is 0 Å². The van der Waals surface area contributed by atoms with Gasteiger partial charge in [0.15, 0.2) is 5.84 Å². The predicted octanol–water partition coefficient (Wildman–Crippen LogP) is 1.27. The van der Waals surface area contributed by atoms with Crippen LogP contribution in [0.3, 0.4) is 0 Å². The summed E-state index contributed by atoms with van der Waals surface area (Å²) in [5.41, 5.74) is 7.42. The Balaban J connectivity index is 2.94. The van der Waals surface area contributed by atoms with Gasteiger partial charge in [0.2, 0.25) is 5.71 Å². The van der Waals surface area contributed by atoms with Crippen LogP contribution in [0.25, 0.3) is 0 Å². The Kier molecular flexibility index (Phi) is 3.69. The highest BCUT2D eigenvalue weighted by atomic mass is 35.5. The van der Waals surface area contributed by atoms with Crippen molar-refractivity contribution < 1.29 is 5.11 Å². The largest absolute Gasteiger partial charge is 0.506 e. The molecule has 5 N–H and O–H groups in total. The summed E-state index contributed by atoms with van der Waals surface area (Å²) >= 11 is 5.70. The number of nitriles is 1. The molecule has 0 heterocycles. The van der Waals surface area contributed by atoms with Crippen LogP contribution < -0.4 is 11.2 Å². The fourth-order valence-electron chi connectivity index (χ4n) is 0.859. The summed E-state index contributed by atoms with van der Waals surface area (Å²) in [4.78, 5) is 0. The van der Waals surface area contributed by atoms with Crippen LogP contribution in [-0.2, 0) is 0 Å². The number of hydrazone groups is 1. The van der Waals surface area contributed by atoms with E-state index in [0.29, 0.717) is 5.02 Å². The molecular formula is C9H8ClN5O. The summed E-state index contributed by atoms with van der Waals surface area (Å²) in [5, 5.41) is 28.9. The number of benzene rings is 1. The Morgan fingerprint density at radius 2 is 2.31 bits per heavy atom. The van der Waals surface area contributed by atoms with Crippen LogP contribution in [0.4, 0.5) is 5.69 Å². The zero-order valence-electron chi connectivity index (χ0n) is 8.03. The number of phenols is 1. The topological polar surface area (TPSA) is 118 Å². The van der Waals surface area contributed by atoms with Gasteiger partial charge < -0.3 is 10.8 Å². The van der Waals surface area contributed by atoms with Crippen LogP contribution in [0.2, 0.25) is 5.02 Å². The van der Waals surface area contributed by atoms with Crippen molar-refractivity contribution in [3.63, 3.8) is 0 Å². The Morgan fingerprint density at radius 3 is 2.88 bits per heavy atom. The van der Waals surface area contributed by atoms with Crippen LogP contribution in [0.5, 0.6) is 5.75 Å². The Bertz CT molecular complexity index is 491. The Hall–Kier alpha value is -2.26. The van der Waals surface area contributed by atoms with Gasteiger partial charge in [-0.3, -0.25) is 10.8 Å². The predicted molar refractivity (Wildman–Crippen MR) is 61.7 cm³/mol. The van der Waals surface area contributed by atoms with E-state index in [-0.39, 0.29) is 17.1 Å². The summed E-state index contributed by atoms with van der Waals surface area (Å²) in [6.07, 6.45) is 0. The maximum atomic E-state index is 9.40. The van der Waals surface area contributed by atoms with Gasteiger partial charge in [0.25, 0.3) is 0 Å². The van der Waals surface area contributed by atoms with Gasteiger partial charge in [-0.2, -0.15) is 10.4 Å². The zero-order valence-corrected chi connectivity index (χ0v) is 8.78. The van der Waals surface area contributed by atoms with Gasteiger partial charge in [0.05, 0.1) is 5.69 Å². The molecule has 0 unspecified atom stereocenters. The lowest BCUT2D eigenvalue weighted by Crippen LogP contribution is -2.21. The summed E-state index contributed by atoms with van der Waals surface area (Å²) in [7, 11) is 0. The minimum atomic E-state index is -0.462. The van der Waals surface area contributed by atoms with Crippen molar-refractivity contribution in [2.45, 2.75) is 0 Å². The van der Waals surface area contributed by atoms with E-state index in [0.717, 1.165) is 0 Å². The van der Waals surface area contributed by atoms with Crippen molar-refractivity contribution in [1.29, 1.82) is 10.7 Å². The smallest absolute Gasteiger partial charge is 0.201 e. The third-order valence-corrected chi connectivity index (χ3v) is 1.84. The molecule has 0 bridgehead atoms. The third kappa shape index (κ3) is 2.87. The van der Waals surface area contributed by atoms with E-state index in [1.165, 1.54) is 18.2 Å². The zero-order chi connectivity index (χ0) is 12.1. The molecule has 0 spiro atoms. The number of amidine groups is 1. The molecule has 0 fully saturated rings. The fraction of sp³-hybridized carbons (Fsp3) is 0. The number of hydrogen-bond donors (Lipinski definition) is 4. The molecule has 82 valence electrons. The second-order valence-electron chi connectivity index (χ2n) is 2.76. The van der Waals surface area contributed by atoms with Crippen molar-refractivity contribution in [2.24, 2.45) is 10.8 Å². The standard InChI is InChI=1S/C9H8ClN5O/c10-5-1-2-8(16)6(3-5)14-15-7(4-11)9(12)13/h1-3,14,16H,(H3,12,13)/b15-7+. The van der Waals surface area contributed by atoms with Crippen molar-refractivity contribution in [1.82, 2.24) is 0 Å². The summed E-state index contributed by atoms with van der Waals surface area (Å²) < 4.78 is 0. The number of aromatic hydroxyl groups is 1. The molecule has 0 aromatic heterocycles. The van der Waals surface area contributed by atoms with E-state index in [1.54, 1.807) is 6.07 Å². The highest BCUT2D eigenvalue weighted by Gasteiger charge is 2.03. The number of halogens is 1. The van der Waals surface area contributed by atoms with Gasteiger partial charge in [-0.05, 0) is 18.2 Å². The molecule has 0 aliphatic rings. The van der Waals surface area contributed by atoms with Crippen LogP contribution in [0.1, 0.15) is 0 Å². The molecule has 6 nitrogen and oxygen atoms in total.